The smallest absolute Gasteiger partial charge is 0.262 e. The Morgan fingerprint density at radius 2 is 2.00 bits per heavy atom. The monoisotopic (exact) mass is 361 g/mol. The number of nitrogens with zero attached hydrogens (tertiary/aromatic N) is 2. The number of hydrogen-bond acceptors (Lipinski definition) is 4. The molecule has 0 aliphatic heterocycles. The minimum Gasteiger partial charge on any atom is -0.351 e. The molecule has 0 saturated heterocycles. The molecule has 1 heterocycles. The van der Waals surface area contributed by atoms with E-state index in [1.165, 1.54) is 11.8 Å². The van der Waals surface area contributed by atoms with E-state index >= 15 is 0 Å². The summed E-state index contributed by atoms with van der Waals surface area (Å²) in [5.74, 6) is 0.210. The van der Waals surface area contributed by atoms with Gasteiger partial charge >= 0.3 is 0 Å². The summed E-state index contributed by atoms with van der Waals surface area (Å²) >= 11 is 1.33. The first-order valence-corrected chi connectivity index (χ1v) is 9.80. The highest BCUT2D eigenvalue weighted by atomic mass is 32.2. The van der Waals surface area contributed by atoms with Gasteiger partial charge in [0.05, 0.1) is 16.7 Å². The number of carbonyl (C=O) groups excluding carboxylic acids is 1. The van der Waals surface area contributed by atoms with E-state index < -0.39 is 0 Å². The van der Waals surface area contributed by atoms with Crippen molar-refractivity contribution in [2.45, 2.75) is 64.2 Å². The molecule has 136 valence electrons. The SMILES string of the molecule is CCCCn1c(SCC(=O)NC(C)(C)CC)nc2ccccc2c1=O. The van der Waals surface area contributed by atoms with Crippen molar-refractivity contribution in [1.29, 1.82) is 0 Å². The van der Waals surface area contributed by atoms with Crippen LogP contribution in [0.3, 0.4) is 0 Å². The second-order valence-electron chi connectivity index (χ2n) is 6.80. The van der Waals surface area contributed by atoms with Crippen LogP contribution in [0, 0.1) is 0 Å². The van der Waals surface area contributed by atoms with Gasteiger partial charge in [0, 0.05) is 12.1 Å². The van der Waals surface area contributed by atoms with Gasteiger partial charge in [0.15, 0.2) is 5.16 Å². The third-order valence-electron chi connectivity index (χ3n) is 4.26. The third-order valence-corrected chi connectivity index (χ3v) is 5.23. The molecular weight excluding hydrogens is 334 g/mol. The molecule has 2 aromatic rings. The summed E-state index contributed by atoms with van der Waals surface area (Å²) in [6, 6.07) is 7.36. The molecule has 0 aliphatic carbocycles. The molecule has 0 aliphatic rings. The maximum atomic E-state index is 12.8. The van der Waals surface area contributed by atoms with Gasteiger partial charge in [-0.15, -0.1) is 0 Å². The van der Waals surface area contributed by atoms with E-state index in [2.05, 4.69) is 17.2 Å². The average molecular weight is 362 g/mol. The van der Waals surface area contributed by atoms with E-state index in [1.807, 2.05) is 39.0 Å². The normalized spacial score (nSPS) is 11.7. The van der Waals surface area contributed by atoms with Gasteiger partial charge in [-0.3, -0.25) is 14.2 Å². The summed E-state index contributed by atoms with van der Waals surface area (Å²) in [4.78, 5) is 29.6. The molecule has 0 radical (unpaired) electrons. The Morgan fingerprint density at radius 1 is 1.28 bits per heavy atom. The van der Waals surface area contributed by atoms with Gasteiger partial charge in [-0.1, -0.05) is 44.2 Å². The number of hydrogen-bond donors (Lipinski definition) is 1. The fourth-order valence-electron chi connectivity index (χ4n) is 2.40. The van der Waals surface area contributed by atoms with Gasteiger partial charge in [0.1, 0.15) is 0 Å². The van der Waals surface area contributed by atoms with Gasteiger partial charge < -0.3 is 5.32 Å². The summed E-state index contributed by atoms with van der Waals surface area (Å²) in [6.45, 7) is 8.76. The number of thioether (sulfide) groups is 1. The lowest BCUT2D eigenvalue weighted by molar-refractivity contribution is -0.120. The summed E-state index contributed by atoms with van der Waals surface area (Å²) in [5, 5.41) is 4.25. The quantitative estimate of drug-likeness (QED) is 0.576. The molecule has 6 heteroatoms. The van der Waals surface area contributed by atoms with Crippen LogP contribution in [0.25, 0.3) is 10.9 Å². The van der Waals surface area contributed by atoms with Crippen molar-refractivity contribution < 1.29 is 4.79 Å². The maximum Gasteiger partial charge on any atom is 0.262 e. The topological polar surface area (TPSA) is 64.0 Å². The first-order valence-electron chi connectivity index (χ1n) is 8.81. The van der Waals surface area contributed by atoms with E-state index in [0.717, 1.165) is 19.3 Å². The lowest BCUT2D eigenvalue weighted by atomic mass is 10.0. The molecule has 1 aromatic heterocycles. The molecular formula is C19H27N3O2S. The predicted molar refractivity (Wildman–Crippen MR) is 104 cm³/mol. The summed E-state index contributed by atoms with van der Waals surface area (Å²) in [5.41, 5.74) is 0.420. The van der Waals surface area contributed by atoms with Crippen molar-refractivity contribution in [1.82, 2.24) is 14.9 Å². The number of rotatable bonds is 8. The molecule has 0 saturated carbocycles. The van der Waals surface area contributed by atoms with E-state index in [9.17, 15) is 9.59 Å². The Hall–Kier alpha value is -1.82. The van der Waals surface area contributed by atoms with Crippen LogP contribution in [0.5, 0.6) is 0 Å². The minimum absolute atomic E-state index is 0.0316. The number of nitrogens with one attached hydrogen (secondary N) is 1. The number of benzene rings is 1. The van der Waals surface area contributed by atoms with Crippen LogP contribution in [-0.2, 0) is 11.3 Å². The second-order valence-corrected chi connectivity index (χ2v) is 7.74. The number of para-hydroxylation sites is 1. The molecule has 1 aromatic carbocycles. The highest BCUT2D eigenvalue weighted by Crippen LogP contribution is 2.19. The third kappa shape index (κ3) is 5.08. The zero-order valence-electron chi connectivity index (χ0n) is 15.5. The first kappa shape index (κ1) is 19.5. The highest BCUT2D eigenvalue weighted by Gasteiger charge is 2.19. The zero-order valence-corrected chi connectivity index (χ0v) is 16.3. The van der Waals surface area contributed by atoms with Crippen molar-refractivity contribution in [3.05, 3.63) is 34.6 Å². The van der Waals surface area contributed by atoms with Crippen molar-refractivity contribution in [3.63, 3.8) is 0 Å². The van der Waals surface area contributed by atoms with Crippen LogP contribution >= 0.6 is 11.8 Å². The highest BCUT2D eigenvalue weighted by molar-refractivity contribution is 7.99. The molecule has 1 N–H and O–H groups in total. The number of carbonyl (C=O) groups is 1. The Labute approximate surface area is 153 Å². The standard InChI is InChI=1S/C19H27N3O2S/c1-5-7-12-22-17(24)14-10-8-9-11-15(14)20-18(22)25-13-16(23)21-19(3,4)6-2/h8-11H,5-7,12-13H2,1-4H3,(H,21,23). The summed E-state index contributed by atoms with van der Waals surface area (Å²) in [7, 11) is 0. The van der Waals surface area contributed by atoms with Crippen molar-refractivity contribution in [2.24, 2.45) is 0 Å². The van der Waals surface area contributed by atoms with Crippen molar-refractivity contribution in [2.75, 3.05) is 5.75 Å². The number of unbranched alkanes of at least 4 members (excludes halogenated alkanes) is 1. The fourth-order valence-corrected chi connectivity index (χ4v) is 3.23. The predicted octanol–water partition coefficient (Wildman–Crippen LogP) is 3.59. The fraction of sp³-hybridized carbons (Fsp3) is 0.526. The molecule has 0 atom stereocenters. The molecule has 25 heavy (non-hydrogen) atoms. The van der Waals surface area contributed by atoms with Crippen LogP contribution in [-0.4, -0.2) is 26.8 Å². The van der Waals surface area contributed by atoms with Crippen LogP contribution in [0.2, 0.25) is 0 Å². The zero-order chi connectivity index (χ0) is 18.4. The Kier molecular flexibility index (Phi) is 6.64. The number of amides is 1. The van der Waals surface area contributed by atoms with Crippen molar-refractivity contribution >= 4 is 28.6 Å². The van der Waals surface area contributed by atoms with Crippen LogP contribution in [0.15, 0.2) is 34.2 Å². The van der Waals surface area contributed by atoms with Gasteiger partial charge in [-0.05, 0) is 38.8 Å². The number of fused-ring (bicyclic) bond motifs is 1. The van der Waals surface area contributed by atoms with E-state index in [-0.39, 0.29) is 22.8 Å². The van der Waals surface area contributed by atoms with Gasteiger partial charge in [0.2, 0.25) is 5.91 Å². The lowest BCUT2D eigenvalue weighted by Gasteiger charge is -2.24. The maximum absolute atomic E-state index is 12.8. The molecule has 0 unspecified atom stereocenters. The van der Waals surface area contributed by atoms with E-state index in [1.54, 1.807) is 10.6 Å². The molecule has 0 fully saturated rings. The van der Waals surface area contributed by atoms with Gasteiger partial charge in [-0.25, -0.2) is 4.98 Å². The number of aromatic nitrogens is 2. The molecule has 5 nitrogen and oxygen atoms in total. The summed E-state index contributed by atoms with van der Waals surface area (Å²) < 4.78 is 1.70. The minimum atomic E-state index is -0.226. The van der Waals surface area contributed by atoms with Crippen LogP contribution < -0.4 is 10.9 Å². The molecule has 2 rings (SSSR count). The van der Waals surface area contributed by atoms with Crippen LogP contribution in [0.4, 0.5) is 0 Å². The Balaban J connectivity index is 2.26. The van der Waals surface area contributed by atoms with E-state index in [4.69, 9.17) is 0 Å². The van der Waals surface area contributed by atoms with Gasteiger partial charge in [-0.2, -0.15) is 0 Å². The molecule has 0 bridgehead atoms. The lowest BCUT2D eigenvalue weighted by Crippen LogP contribution is -2.43. The first-order chi connectivity index (χ1) is 11.9. The van der Waals surface area contributed by atoms with Crippen LogP contribution in [0.1, 0.15) is 47.0 Å². The molecule has 0 spiro atoms. The summed E-state index contributed by atoms with van der Waals surface area (Å²) in [6.07, 6.45) is 2.76. The largest absolute Gasteiger partial charge is 0.351 e. The second kappa shape index (κ2) is 8.52. The van der Waals surface area contributed by atoms with E-state index in [0.29, 0.717) is 22.6 Å². The van der Waals surface area contributed by atoms with Gasteiger partial charge in [0.25, 0.3) is 5.56 Å². The van der Waals surface area contributed by atoms with Crippen molar-refractivity contribution in [3.8, 4) is 0 Å². The average Bonchev–Trinajstić information content (AvgIpc) is 2.59. The Morgan fingerprint density at radius 3 is 2.68 bits per heavy atom. The molecule has 1 amide bonds. The Bertz CT molecular complexity index is 799.